The molecule has 1 rings (SSSR count). The lowest BCUT2D eigenvalue weighted by atomic mass is 10.1. The first-order chi connectivity index (χ1) is 8.33. The van der Waals surface area contributed by atoms with E-state index in [1.807, 2.05) is 6.07 Å². The van der Waals surface area contributed by atoms with Gasteiger partial charge in [0.05, 0.1) is 17.4 Å². The second kappa shape index (κ2) is 5.65. The third-order valence-corrected chi connectivity index (χ3v) is 3.33. The van der Waals surface area contributed by atoms with Gasteiger partial charge in [0, 0.05) is 25.4 Å². The zero-order valence-corrected chi connectivity index (χ0v) is 11.1. The maximum atomic E-state index is 11.9. The highest BCUT2D eigenvalue weighted by Crippen LogP contribution is 2.06. The lowest BCUT2D eigenvalue weighted by Gasteiger charge is -2.16. The van der Waals surface area contributed by atoms with Crippen molar-refractivity contribution >= 4 is 15.7 Å². The molecule has 0 fully saturated rings. The second-order valence-corrected chi connectivity index (χ2v) is 6.31. The first kappa shape index (κ1) is 14.2. The van der Waals surface area contributed by atoms with Crippen LogP contribution in [0.4, 0.5) is 0 Å². The van der Waals surface area contributed by atoms with Crippen molar-refractivity contribution in [3.05, 3.63) is 35.4 Å². The Morgan fingerprint density at radius 3 is 2.33 bits per heavy atom. The number of carbonyl (C=O) groups excluding carboxylic acids is 1. The molecule has 0 saturated heterocycles. The normalized spacial score (nSPS) is 10.7. The van der Waals surface area contributed by atoms with Gasteiger partial charge in [-0.2, -0.15) is 5.26 Å². The van der Waals surface area contributed by atoms with Crippen LogP contribution < -0.4 is 0 Å². The van der Waals surface area contributed by atoms with Gasteiger partial charge in [-0.05, 0) is 24.3 Å². The van der Waals surface area contributed by atoms with Crippen LogP contribution in [0.15, 0.2) is 24.3 Å². The summed E-state index contributed by atoms with van der Waals surface area (Å²) in [5, 5.41) is 8.64. The van der Waals surface area contributed by atoms with Gasteiger partial charge in [0.25, 0.3) is 5.91 Å². The summed E-state index contributed by atoms with van der Waals surface area (Å²) in [6.45, 7) is 0.150. The summed E-state index contributed by atoms with van der Waals surface area (Å²) < 4.78 is 22.0. The van der Waals surface area contributed by atoms with Crippen LogP contribution >= 0.6 is 0 Å². The van der Waals surface area contributed by atoms with E-state index in [1.165, 1.54) is 4.90 Å². The Hall–Kier alpha value is -1.87. The highest BCUT2D eigenvalue weighted by atomic mass is 32.2. The molecule has 18 heavy (non-hydrogen) atoms. The molecule has 0 aliphatic heterocycles. The summed E-state index contributed by atoms with van der Waals surface area (Å²) in [5.41, 5.74) is 0.912. The van der Waals surface area contributed by atoms with Crippen LogP contribution in [-0.4, -0.2) is 44.8 Å². The largest absolute Gasteiger partial charge is 0.341 e. The number of hydrogen-bond donors (Lipinski definition) is 0. The molecule has 1 aromatic rings. The summed E-state index contributed by atoms with van der Waals surface area (Å²) in [6.07, 6.45) is 1.13. The zero-order chi connectivity index (χ0) is 13.8. The second-order valence-electron chi connectivity index (χ2n) is 4.05. The Kier molecular flexibility index (Phi) is 4.45. The minimum atomic E-state index is -3.08. The molecule has 0 aliphatic rings. The fourth-order valence-corrected chi connectivity index (χ4v) is 1.92. The van der Waals surface area contributed by atoms with Crippen molar-refractivity contribution in [1.82, 2.24) is 4.90 Å². The van der Waals surface area contributed by atoms with E-state index in [0.717, 1.165) is 6.26 Å². The molecule has 0 saturated carbocycles. The molecule has 0 spiro atoms. The lowest BCUT2D eigenvalue weighted by Crippen LogP contribution is -2.31. The number of rotatable bonds is 4. The van der Waals surface area contributed by atoms with Crippen molar-refractivity contribution in [2.24, 2.45) is 0 Å². The fraction of sp³-hybridized carbons (Fsp3) is 0.333. The van der Waals surface area contributed by atoms with Crippen LogP contribution in [0.5, 0.6) is 0 Å². The monoisotopic (exact) mass is 266 g/mol. The van der Waals surface area contributed by atoms with Gasteiger partial charge in [-0.1, -0.05) is 0 Å². The summed E-state index contributed by atoms with van der Waals surface area (Å²) in [6, 6.07) is 8.18. The van der Waals surface area contributed by atoms with Gasteiger partial charge in [-0.15, -0.1) is 0 Å². The Balaban J connectivity index is 2.71. The first-order valence-electron chi connectivity index (χ1n) is 5.27. The van der Waals surface area contributed by atoms with E-state index in [0.29, 0.717) is 11.1 Å². The van der Waals surface area contributed by atoms with Gasteiger partial charge in [0.2, 0.25) is 0 Å². The Morgan fingerprint density at radius 1 is 1.33 bits per heavy atom. The van der Waals surface area contributed by atoms with E-state index < -0.39 is 9.84 Å². The van der Waals surface area contributed by atoms with E-state index in [2.05, 4.69) is 0 Å². The predicted molar refractivity (Wildman–Crippen MR) is 67.8 cm³/mol. The van der Waals surface area contributed by atoms with Crippen LogP contribution in [0.3, 0.4) is 0 Å². The summed E-state index contributed by atoms with van der Waals surface area (Å²) in [5.74, 6) is -0.325. The maximum Gasteiger partial charge on any atom is 0.253 e. The third-order valence-electron chi connectivity index (χ3n) is 2.41. The average Bonchev–Trinajstić information content (AvgIpc) is 2.34. The van der Waals surface area contributed by atoms with Crippen molar-refractivity contribution in [2.75, 3.05) is 25.6 Å². The van der Waals surface area contributed by atoms with Gasteiger partial charge in [0.15, 0.2) is 0 Å². The quantitative estimate of drug-likeness (QED) is 0.802. The van der Waals surface area contributed by atoms with Crippen molar-refractivity contribution in [3.8, 4) is 6.07 Å². The third kappa shape index (κ3) is 4.18. The van der Waals surface area contributed by atoms with Gasteiger partial charge >= 0.3 is 0 Å². The summed E-state index contributed by atoms with van der Waals surface area (Å²) in [7, 11) is -1.54. The van der Waals surface area contributed by atoms with Gasteiger partial charge in [-0.3, -0.25) is 4.79 Å². The van der Waals surface area contributed by atoms with E-state index >= 15 is 0 Å². The van der Waals surface area contributed by atoms with Crippen LogP contribution in [0.1, 0.15) is 15.9 Å². The van der Waals surface area contributed by atoms with Gasteiger partial charge in [-0.25, -0.2) is 8.42 Å². The van der Waals surface area contributed by atoms with E-state index in [9.17, 15) is 13.2 Å². The summed E-state index contributed by atoms with van der Waals surface area (Å²) >= 11 is 0. The van der Waals surface area contributed by atoms with Crippen molar-refractivity contribution in [2.45, 2.75) is 0 Å². The molecule has 0 atom stereocenters. The molecule has 0 aliphatic carbocycles. The Morgan fingerprint density at radius 2 is 1.89 bits per heavy atom. The van der Waals surface area contributed by atoms with Crippen molar-refractivity contribution in [1.29, 1.82) is 5.26 Å². The molecule has 0 unspecified atom stereocenters. The van der Waals surface area contributed by atoms with E-state index in [1.54, 1.807) is 31.3 Å². The predicted octanol–water partition coefficient (Wildman–Crippen LogP) is 0.675. The molecule has 1 amide bonds. The minimum Gasteiger partial charge on any atom is -0.341 e. The number of nitriles is 1. The number of sulfone groups is 1. The van der Waals surface area contributed by atoms with Crippen LogP contribution in [-0.2, 0) is 9.84 Å². The summed E-state index contributed by atoms with van der Waals surface area (Å²) in [4.78, 5) is 13.3. The van der Waals surface area contributed by atoms with Crippen LogP contribution in [0.25, 0.3) is 0 Å². The molecule has 0 aromatic heterocycles. The Labute approximate surface area is 107 Å². The molecule has 0 radical (unpaired) electrons. The average molecular weight is 266 g/mol. The van der Waals surface area contributed by atoms with E-state index in [-0.39, 0.29) is 18.2 Å². The SMILES string of the molecule is CN(CCS(C)(=O)=O)C(=O)c1ccc(C#N)cc1. The van der Waals surface area contributed by atoms with Crippen molar-refractivity contribution < 1.29 is 13.2 Å². The molecule has 0 bridgehead atoms. The lowest BCUT2D eigenvalue weighted by molar-refractivity contribution is 0.0803. The first-order valence-corrected chi connectivity index (χ1v) is 7.33. The molecule has 6 heteroatoms. The van der Waals surface area contributed by atoms with Gasteiger partial charge in [0.1, 0.15) is 9.84 Å². The maximum absolute atomic E-state index is 11.9. The number of amides is 1. The highest BCUT2D eigenvalue weighted by Gasteiger charge is 2.13. The standard InChI is InChI=1S/C12H14N2O3S/c1-14(7-8-18(2,16)17)12(15)11-5-3-10(9-13)4-6-11/h3-6H,7-8H2,1-2H3. The molecular formula is C12H14N2O3S. The van der Waals surface area contributed by atoms with Gasteiger partial charge < -0.3 is 4.90 Å². The minimum absolute atomic E-state index is 0.0640. The molecule has 5 nitrogen and oxygen atoms in total. The van der Waals surface area contributed by atoms with Crippen LogP contribution in [0.2, 0.25) is 0 Å². The van der Waals surface area contributed by atoms with Crippen molar-refractivity contribution in [3.63, 3.8) is 0 Å². The van der Waals surface area contributed by atoms with Crippen LogP contribution in [0, 0.1) is 11.3 Å². The number of carbonyl (C=O) groups is 1. The number of benzene rings is 1. The Bertz CT molecular complexity index is 570. The fourth-order valence-electron chi connectivity index (χ4n) is 1.31. The molecular weight excluding hydrogens is 252 g/mol. The molecule has 0 heterocycles. The zero-order valence-electron chi connectivity index (χ0n) is 10.3. The topological polar surface area (TPSA) is 78.2 Å². The smallest absolute Gasteiger partial charge is 0.253 e. The number of nitrogens with zero attached hydrogens (tertiary/aromatic N) is 2. The molecule has 1 aromatic carbocycles. The molecule has 0 N–H and O–H groups in total. The highest BCUT2D eigenvalue weighted by molar-refractivity contribution is 7.90. The molecule has 96 valence electrons. The van der Waals surface area contributed by atoms with E-state index in [4.69, 9.17) is 5.26 Å². The number of hydrogen-bond acceptors (Lipinski definition) is 4.